The molecule has 2 aromatic heterocycles. The van der Waals surface area contributed by atoms with E-state index in [-0.39, 0.29) is 10.9 Å². The normalized spacial score (nSPS) is 16.9. The minimum absolute atomic E-state index is 0.136. The average Bonchev–Trinajstić information content (AvgIpc) is 3.36. The highest BCUT2D eigenvalue weighted by Gasteiger charge is 2.30. The first-order chi connectivity index (χ1) is 13.4. The van der Waals surface area contributed by atoms with Gasteiger partial charge in [-0.05, 0) is 44.0 Å². The van der Waals surface area contributed by atoms with E-state index in [2.05, 4.69) is 4.98 Å². The van der Waals surface area contributed by atoms with Crippen LogP contribution in [0.5, 0.6) is 0 Å². The molecule has 0 saturated carbocycles. The third kappa shape index (κ3) is 3.69. The predicted molar refractivity (Wildman–Crippen MR) is 105 cm³/mol. The maximum absolute atomic E-state index is 12.6. The van der Waals surface area contributed by atoms with E-state index in [1.54, 1.807) is 6.92 Å². The highest BCUT2D eigenvalue weighted by molar-refractivity contribution is 7.89. The number of aromatic nitrogens is 1. The summed E-state index contributed by atoms with van der Waals surface area (Å²) in [5, 5.41) is 0.441. The Kier molecular flexibility index (Phi) is 5.22. The number of fused-ring (bicyclic) bond motifs is 1. The summed E-state index contributed by atoms with van der Waals surface area (Å²) in [4.78, 5) is 16.9. The van der Waals surface area contributed by atoms with E-state index in [0.29, 0.717) is 18.1 Å². The number of hydrogen-bond acceptors (Lipinski definition) is 7. The van der Waals surface area contributed by atoms with E-state index in [9.17, 15) is 13.2 Å². The first-order valence-electron chi connectivity index (χ1n) is 9.11. The summed E-state index contributed by atoms with van der Waals surface area (Å²) in [5.74, 6) is -0.851. The zero-order valence-electron chi connectivity index (χ0n) is 15.3. The third-order valence-corrected chi connectivity index (χ3v) is 7.60. The van der Waals surface area contributed by atoms with Crippen molar-refractivity contribution in [3.8, 4) is 0 Å². The summed E-state index contributed by atoms with van der Waals surface area (Å²) in [5.41, 5.74) is 0.846. The summed E-state index contributed by atoms with van der Waals surface area (Å²) >= 11 is 1.45. The SMILES string of the molecule is C[C@H](OC(=O)c1ccc(S(=O)(=O)N2CCCCC2)o1)c1nc2ccccc2s1. The molecule has 1 aromatic carbocycles. The molecule has 148 valence electrons. The van der Waals surface area contributed by atoms with Gasteiger partial charge in [0.25, 0.3) is 10.0 Å². The van der Waals surface area contributed by atoms with Gasteiger partial charge in [0.05, 0.1) is 10.2 Å². The maximum atomic E-state index is 12.6. The third-order valence-electron chi connectivity index (χ3n) is 4.63. The van der Waals surface area contributed by atoms with Crippen molar-refractivity contribution in [1.82, 2.24) is 9.29 Å². The van der Waals surface area contributed by atoms with E-state index in [1.807, 2.05) is 24.3 Å². The fourth-order valence-electron chi connectivity index (χ4n) is 3.13. The average molecular weight is 421 g/mol. The summed E-state index contributed by atoms with van der Waals surface area (Å²) in [6, 6.07) is 10.3. The molecule has 3 heterocycles. The molecule has 7 nitrogen and oxygen atoms in total. The van der Waals surface area contributed by atoms with E-state index in [1.165, 1.54) is 27.8 Å². The molecule has 1 aliphatic heterocycles. The van der Waals surface area contributed by atoms with Crippen molar-refractivity contribution in [2.75, 3.05) is 13.1 Å². The Morgan fingerprint density at radius 3 is 2.68 bits per heavy atom. The molecule has 1 fully saturated rings. The van der Waals surface area contributed by atoms with Gasteiger partial charge in [-0.3, -0.25) is 0 Å². The number of sulfonamides is 1. The van der Waals surface area contributed by atoms with E-state index < -0.39 is 22.1 Å². The van der Waals surface area contributed by atoms with Crippen LogP contribution in [0, 0.1) is 0 Å². The number of ether oxygens (including phenoxy) is 1. The number of para-hydroxylation sites is 1. The molecule has 0 N–H and O–H groups in total. The largest absolute Gasteiger partial charge is 0.449 e. The van der Waals surface area contributed by atoms with Crippen LogP contribution in [0.1, 0.15) is 47.9 Å². The summed E-state index contributed by atoms with van der Waals surface area (Å²) in [7, 11) is -3.72. The number of thiazole rings is 1. The molecule has 0 spiro atoms. The fourth-order valence-corrected chi connectivity index (χ4v) is 5.51. The van der Waals surface area contributed by atoms with Crippen LogP contribution >= 0.6 is 11.3 Å². The Labute approximate surface area is 167 Å². The quantitative estimate of drug-likeness (QED) is 0.580. The van der Waals surface area contributed by atoms with Crippen LogP contribution in [0.25, 0.3) is 10.2 Å². The number of carbonyl (C=O) groups excluding carboxylic acids is 1. The number of piperidine rings is 1. The first-order valence-corrected chi connectivity index (χ1v) is 11.4. The van der Waals surface area contributed by atoms with Crippen molar-refractivity contribution in [3.05, 3.63) is 47.2 Å². The Morgan fingerprint density at radius 1 is 1.18 bits per heavy atom. The lowest BCUT2D eigenvalue weighted by atomic mass is 10.2. The standard InChI is InChI=1S/C19H20N2O5S2/c1-13(18-20-14-7-3-4-8-16(14)27-18)25-19(22)15-9-10-17(26-15)28(23,24)21-11-5-2-6-12-21/h3-4,7-10,13H,2,5-6,11-12H2,1H3/t13-/m0/s1. The van der Waals surface area contributed by atoms with Gasteiger partial charge in [0, 0.05) is 13.1 Å². The van der Waals surface area contributed by atoms with Crippen LogP contribution in [0.15, 0.2) is 45.9 Å². The first kappa shape index (κ1) is 19.1. The van der Waals surface area contributed by atoms with Gasteiger partial charge >= 0.3 is 5.97 Å². The number of hydrogen-bond donors (Lipinski definition) is 0. The van der Waals surface area contributed by atoms with Crippen LogP contribution in [0.2, 0.25) is 0 Å². The van der Waals surface area contributed by atoms with Gasteiger partial charge in [-0.25, -0.2) is 18.2 Å². The molecule has 0 bridgehead atoms. The van der Waals surface area contributed by atoms with Crippen LogP contribution in [0.3, 0.4) is 0 Å². The second-order valence-corrected chi connectivity index (χ2v) is 9.58. The highest BCUT2D eigenvalue weighted by atomic mass is 32.2. The predicted octanol–water partition coefficient (Wildman–Crippen LogP) is 3.98. The van der Waals surface area contributed by atoms with Crippen LogP contribution < -0.4 is 0 Å². The van der Waals surface area contributed by atoms with Gasteiger partial charge in [-0.2, -0.15) is 4.31 Å². The molecule has 28 heavy (non-hydrogen) atoms. The number of benzene rings is 1. The van der Waals surface area contributed by atoms with Crippen LogP contribution in [-0.4, -0.2) is 36.8 Å². The van der Waals surface area contributed by atoms with Crippen LogP contribution in [0.4, 0.5) is 0 Å². The van der Waals surface area contributed by atoms with Gasteiger partial charge in [-0.1, -0.05) is 18.6 Å². The topological polar surface area (TPSA) is 89.7 Å². The van der Waals surface area contributed by atoms with Gasteiger partial charge in [0.1, 0.15) is 5.01 Å². The molecular formula is C19H20N2O5S2. The molecule has 0 unspecified atom stereocenters. The zero-order valence-corrected chi connectivity index (χ0v) is 17.0. The Hall–Kier alpha value is -2.23. The van der Waals surface area contributed by atoms with Gasteiger partial charge in [0.2, 0.25) is 10.9 Å². The molecule has 1 saturated heterocycles. The number of rotatable bonds is 5. The second kappa shape index (κ2) is 7.65. The van der Waals surface area contributed by atoms with Crippen molar-refractivity contribution in [1.29, 1.82) is 0 Å². The molecule has 9 heteroatoms. The summed E-state index contributed by atoms with van der Waals surface area (Å²) < 4.78 is 38.4. The summed E-state index contributed by atoms with van der Waals surface area (Å²) in [6.45, 7) is 2.67. The van der Waals surface area contributed by atoms with Crippen LogP contribution in [-0.2, 0) is 14.8 Å². The Balaban J connectivity index is 1.48. The number of furan rings is 1. The molecule has 1 aliphatic rings. The molecule has 0 radical (unpaired) electrons. The molecular weight excluding hydrogens is 400 g/mol. The lowest BCUT2D eigenvalue weighted by Gasteiger charge is -2.24. The minimum atomic E-state index is -3.72. The van der Waals surface area contributed by atoms with Crippen molar-refractivity contribution >= 4 is 37.5 Å². The van der Waals surface area contributed by atoms with Gasteiger partial charge in [0.15, 0.2) is 6.10 Å². The molecule has 4 rings (SSSR count). The van der Waals surface area contributed by atoms with E-state index >= 15 is 0 Å². The van der Waals surface area contributed by atoms with Crippen molar-refractivity contribution in [2.45, 2.75) is 37.4 Å². The Bertz CT molecular complexity index is 1060. The Morgan fingerprint density at radius 2 is 1.93 bits per heavy atom. The zero-order chi connectivity index (χ0) is 19.7. The molecule has 3 aromatic rings. The molecule has 1 atom stereocenters. The smallest absolute Gasteiger partial charge is 0.374 e. The van der Waals surface area contributed by atoms with E-state index in [4.69, 9.17) is 9.15 Å². The lowest BCUT2D eigenvalue weighted by Crippen LogP contribution is -2.35. The monoisotopic (exact) mass is 420 g/mol. The highest BCUT2D eigenvalue weighted by Crippen LogP contribution is 2.29. The number of esters is 1. The van der Waals surface area contributed by atoms with Crippen molar-refractivity contribution in [2.24, 2.45) is 0 Å². The van der Waals surface area contributed by atoms with Gasteiger partial charge in [-0.15, -0.1) is 11.3 Å². The molecule has 0 amide bonds. The van der Waals surface area contributed by atoms with Crippen molar-refractivity contribution < 1.29 is 22.4 Å². The summed E-state index contributed by atoms with van der Waals surface area (Å²) in [6.07, 6.45) is 2.10. The lowest BCUT2D eigenvalue weighted by molar-refractivity contribution is 0.0295. The number of nitrogens with zero attached hydrogens (tertiary/aromatic N) is 2. The van der Waals surface area contributed by atoms with Gasteiger partial charge < -0.3 is 9.15 Å². The molecule has 0 aliphatic carbocycles. The minimum Gasteiger partial charge on any atom is -0.449 e. The van der Waals surface area contributed by atoms with E-state index in [0.717, 1.165) is 29.5 Å². The second-order valence-electron chi connectivity index (χ2n) is 6.65. The maximum Gasteiger partial charge on any atom is 0.374 e. The van der Waals surface area contributed by atoms with Crippen molar-refractivity contribution in [3.63, 3.8) is 0 Å². The number of carbonyl (C=O) groups is 1. The fraction of sp³-hybridized carbons (Fsp3) is 0.368.